The van der Waals surface area contributed by atoms with Gasteiger partial charge in [-0.05, 0) is 18.2 Å². The molecule has 0 atom stereocenters. The number of hydrogen-bond donors (Lipinski definition) is 2. The lowest BCUT2D eigenvalue weighted by molar-refractivity contribution is 0.495. The van der Waals surface area contributed by atoms with Gasteiger partial charge in [0.1, 0.15) is 5.82 Å². The Morgan fingerprint density at radius 1 is 1.08 bits per heavy atom. The summed E-state index contributed by atoms with van der Waals surface area (Å²) < 4.78 is 42.9. The first-order chi connectivity index (χ1) is 12.5. The Bertz CT molecular complexity index is 1020. The average molecular weight is 362 g/mol. The molecule has 1 aliphatic rings. The molecule has 2 aromatic carbocycles. The summed E-state index contributed by atoms with van der Waals surface area (Å²) in [6.07, 6.45) is 0. The van der Waals surface area contributed by atoms with Crippen LogP contribution in [0.4, 0.5) is 18.9 Å². The van der Waals surface area contributed by atoms with Crippen LogP contribution < -0.4 is 15.9 Å². The summed E-state index contributed by atoms with van der Waals surface area (Å²) in [6.45, 7) is 2.70. The molecule has 0 radical (unpaired) electrons. The van der Waals surface area contributed by atoms with E-state index in [9.17, 15) is 18.0 Å². The molecular formula is C18H17F3N4O. The first-order valence-corrected chi connectivity index (χ1v) is 8.35. The van der Waals surface area contributed by atoms with Crippen molar-refractivity contribution in [1.29, 1.82) is 0 Å². The lowest BCUT2D eigenvalue weighted by atomic mass is 10.2. The molecule has 2 heterocycles. The molecule has 5 nitrogen and oxygen atoms in total. The van der Waals surface area contributed by atoms with E-state index >= 15 is 0 Å². The maximum absolute atomic E-state index is 14.2. The average Bonchev–Trinajstić information content (AvgIpc) is 2.94. The van der Waals surface area contributed by atoms with E-state index in [2.05, 4.69) is 10.3 Å². The Hall–Kier alpha value is -2.74. The molecule has 2 N–H and O–H groups in total. The van der Waals surface area contributed by atoms with E-state index < -0.39 is 23.1 Å². The summed E-state index contributed by atoms with van der Waals surface area (Å²) in [6, 6.07) is 6.41. The van der Waals surface area contributed by atoms with Crippen molar-refractivity contribution in [2.24, 2.45) is 0 Å². The molecule has 0 aliphatic carbocycles. The van der Waals surface area contributed by atoms with Crippen molar-refractivity contribution in [2.75, 3.05) is 31.1 Å². The second-order valence-electron chi connectivity index (χ2n) is 6.29. The Morgan fingerprint density at radius 3 is 2.62 bits per heavy atom. The molecule has 4 rings (SSSR count). The first-order valence-electron chi connectivity index (χ1n) is 8.35. The molecule has 8 heteroatoms. The van der Waals surface area contributed by atoms with Crippen LogP contribution in [0, 0.1) is 17.5 Å². The molecule has 0 amide bonds. The van der Waals surface area contributed by atoms with Crippen molar-refractivity contribution < 1.29 is 13.2 Å². The van der Waals surface area contributed by atoms with Crippen LogP contribution in [-0.2, 0) is 6.54 Å². The van der Waals surface area contributed by atoms with Crippen LogP contribution in [0.3, 0.4) is 0 Å². The minimum atomic E-state index is -1.01. The van der Waals surface area contributed by atoms with Gasteiger partial charge in [0, 0.05) is 31.7 Å². The highest BCUT2D eigenvalue weighted by atomic mass is 19.2. The van der Waals surface area contributed by atoms with Crippen LogP contribution in [0.1, 0.15) is 5.56 Å². The summed E-state index contributed by atoms with van der Waals surface area (Å²) >= 11 is 0. The number of imidazole rings is 1. The first kappa shape index (κ1) is 16.7. The summed E-state index contributed by atoms with van der Waals surface area (Å²) in [7, 11) is 0. The number of rotatable bonds is 3. The largest absolute Gasteiger partial charge is 0.367 e. The number of hydrogen-bond acceptors (Lipinski definition) is 3. The Labute approximate surface area is 147 Å². The molecule has 1 aromatic heterocycles. The van der Waals surface area contributed by atoms with Crippen molar-refractivity contribution in [2.45, 2.75) is 6.54 Å². The Balaban J connectivity index is 1.83. The number of halogens is 3. The van der Waals surface area contributed by atoms with Crippen molar-refractivity contribution in [1.82, 2.24) is 14.9 Å². The number of anilines is 1. The highest BCUT2D eigenvalue weighted by Crippen LogP contribution is 2.27. The van der Waals surface area contributed by atoms with E-state index in [0.717, 1.165) is 19.2 Å². The van der Waals surface area contributed by atoms with Gasteiger partial charge < -0.3 is 15.2 Å². The minimum absolute atomic E-state index is 0.0287. The molecule has 0 bridgehead atoms. The topological polar surface area (TPSA) is 53.1 Å². The standard InChI is InChI=1S/C18H17F3N4O/c19-12-8-14(24-6-4-22-5-7-24)17-15(9-12)25(18(26)23-17)10-11-2-1-3-13(20)16(11)21/h1-3,8-9,22H,4-7,10H2,(H,23,26). The molecule has 1 aliphatic heterocycles. The van der Waals surface area contributed by atoms with Gasteiger partial charge in [0.2, 0.25) is 0 Å². The van der Waals surface area contributed by atoms with Crippen LogP contribution in [0.2, 0.25) is 0 Å². The lowest BCUT2D eigenvalue weighted by Gasteiger charge is -2.29. The number of fused-ring (bicyclic) bond motifs is 1. The number of nitrogens with zero attached hydrogens (tertiary/aromatic N) is 2. The monoisotopic (exact) mass is 362 g/mol. The van der Waals surface area contributed by atoms with E-state index in [4.69, 9.17) is 0 Å². The Morgan fingerprint density at radius 2 is 1.85 bits per heavy atom. The second-order valence-corrected chi connectivity index (χ2v) is 6.29. The van der Waals surface area contributed by atoms with Gasteiger partial charge in [0.25, 0.3) is 0 Å². The fourth-order valence-electron chi connectivity index (χ4n) is 3.36. The predicted octanol–water partition coefficient (Wildman–Crippen LogP) is 2.20. The third-order valence-electron chi connectivity index (χ3n) is 4.65. The van der Waals surface area contributed by atoms with E-state index in [1.54, 1.807) is 0 Å². The third kappa shape index (κ3) is 2.86. The molecule has 26 heavy (non-hydrogen) atoms. The number of nitrogens with one attached hydrogen (secondary N) is 2. The fourth-order valence-corrected chi connectivity index (χ4v) is 3.36. The van der Waals surface area contributed by atoms with Gasteiger partial charge in [0.05, 0.1) is 23.3 Å². The van der Waals surface area contributed by atoms with E-state index in [-0.39, 0.29) is 12.1 Å². The molecule has 3 aromatic rings. The van der Waals surface area contributed by atoms with E-state index in [0.29, 0.717) is 29.8 Å². The number of H-pyrrole nitrogens is 1. The quantitative estimate of drug-likeness (QED) is 0.751. The maximum atomic E-state index is 14.2. The van der Waals surface area contributed by atoms with Crippen LogP contribution in [0.5, 0.6) is 0 Å². The lowest BCUT2D eigenvalue weighted by Crippen LogP contribution is -2.43. The molecule has 1 saturated heterocycles. The number of piperazine rings is 1. The van der Waals surface area contributed by atoms with Crippen molar-refractivity contribution in [3.63, 3.8) is 0 Å². The molecule has 0 saturated carbocycles. The minimum Gasteiger partial charge on any atom is -0.367 e. The zero-order valence-electron chi connectivity index (χ0n) is 13.9. The highest BCUT2D eigenvalue weighted by Gasteiger charge is 2.19. The van der Waals surface area contributed by atoms with Crippen LogP contribution in [0.25, 0.3) is 11.0 Å². The molecule has 0 unspecified atom stereocenters. The van der Waals surface area contributed by atoms with E-state index in [1.807, 2.05) is 4.90 Å². The molecular weight excluding hydrogens is 345 g/mol. The van der Waals surface area contributed by atoms with Crippen molar-refractivity contribution >= 4 is 16.7 Å². The maximum Gasteiger partial charge on any atom is 0.326 e. The van der Waals surface area contributed by atoms with Crippen LogP contribution in [-0.4, -0.2) is 35.7 Å². The van der Waals surface area contributed by atoms with Gasteiger partial charge in [-0.2, -0.15) is 0 Å². The summed E-state index contributed by atoms with van der Waals surface area (Å²) in [4.78, 5) is 17.2. The van der Waals surface area contributed by atoms with E-state index in [1.165, 1.54) is 28.8 Å². The molecule has 0 spiro atoms. The van der Waals surface area contributed by atoms with Crippen molar-refractivity contribution in [3.8, 4) is 0 Å². The van der Waals surface area contributed by atoms with Gasteiger partial charge >= 0.3 is 5.69 Å². The van der Waals surface area contributed by atoms with Gasteiger partial charge in [-0.25, -0.2) is 18.0 Å². The van der Waals surface area contributed by atoms with Gasteiger partial charge in [0.15, 0.2) is 11.6 Å². The Kier molecular flexibility index (Phi) is 4.20. The highest BCUT2D eigenvalue weighted by molar-refractivity contribution is 5.89. The molecule has 136 valence electrons. The zero-order chi connectivity index (χ0) is 18.3. The van der Waals surface area contributed by atoms with Crippen molar-refractivity contribution in [3.05, 3.63) is 63.8 Å². The molecule has 1 fully saturated rings. The third-order valence-corrected chi connectivity index (χ3v) is 4.65. The number of aromatic nitrogens is 2. The normalized spacial score (nSPS) is 15.0. The van der Waals surface area contributed by atoms with Gasteiger partial charge in [-0.3, -0.25) is 4.57 Å². The van der Waals surface area contributed by atoms with Crippen LogP contribution in [0.15, 0.2) is 35.1 Å². The second kappa shape index (κ2) is 6.53. The zero-order valence-corrected chi connectivity index (χ0v) is 13.9. The smallest absolute Gasteiger partial charge is 0.326 e. The van der Waals surface area contributed by atoms with Gasteiger partial charge in [-0.1, -0.05) is 12.1 Å². The SMILES string of the molecule is O=c1[nH]c2c(N3CCNCC3)cc(F)cc2n1Cc1cccc(F)c1F. The summed E-state index contributed by atoms with van der Waals surface area (Å²) in [5, 5.41) is 3.22. The summed E-state index contributed by atoms with van der Waals surface area (Å²) in [5.74, 6) is -2.48. The predicted molar refractivity (Wildman–Crippen MR) is 93.1 cm³/mol. The summed E-state index contributed by atoms with van der Waals surface area (Å²) in [5.41, 5.74) is 0.950. The van der Waals surface area contributed by atoms with Gasteiger partial charge in [-0.15, -0.1) is 0 Å². The fraction of sp³-hybridized carbons (Fsp3) is 0.278. The van der Waals surface area contributed by atoms with Crippen LogP contribution >= 0.6 is 0 Å². The number of benzene rings is 2. The number of aromatic amines is 1.